The van der Waals surface area contributed by atoms with Crippen molar-refractivity contribution in [1.29, 1.82) is 0 Å². The van der Waals surface area contributed by atoms with E-state index in [1.807, 2.05) is 6.92 Å². The predicted molar refractivity (Wildman–Crippen MR) is 77.7 cm³/mol. The highest BCUT2D eigenvalue weighted by Gasteiger charge is 2.12. The Kier molecular flexibility index (Phi) is 4.99. The van der Waals surface area contributed by atoms with Gasteiger partial charge in [-0.2, -0.15) is 0 Å². The molecule has 0 saturated heterocycles. The number of hydrogen-bond donors (Lipinski definition) is 1. The van der Waals surface area contributed by atoms with Crippen molar-refractivity contribution in [3.05, 3.63) is 64.4 Å². The van der Waals surface area contributed by atoms with Crippen molar-refractivity contribution in [3.63, 3.8) is 0 Å². The quantitative estimate of drug-likeness (QED) is 0.888. The molecule has 2 nitrogen and oxygen atoms in total. The zero-order valence-electron chi connectivity index (χ0n) is 11.1. The van der Waals surface area contributed by atoms with Crippen LogP contribution in [0, 0.1) is 5.82 Å². The van der Waals surface area contributed by atoms with Crippen molar-refractivity contribution in [2.45, 2.75) is 19.4 Å². The molecule has 106 valence electrons. The molecule has 1 atom stereocenters. The molecule has 0 spiro atoms. The number of aliphatic hydroxyl groups excluding tert-OH is 1. The minimum absolute atomic E-state index is 0.00412. The lowest BCUT2D eigenvalue weighted by molar-refractivity contribution is 0.220. The SMILES string of the molecule is CCCOc1ccc(C(O)c2ccc(F)c(Cl)c2)cc1. The van der Waals surface area contributed by atoms with E-state index in [-0.39, 0.29) is 5.02 Å². The first-order valence-electron chi connectivity index (χ1n) is 6.47. The van der Waals surface area contributed by atoms with Crippen LogP contribution in [0.3, 0.4) is 0 Å². The zero-order chi connectivity index (χ0) is 14.5. The summed E-state index contributed by atoms with van der Waals surface area (Å²) >= 11 is 5.72. The van der Waals surface area contributed by atoms with Crippen LogP contribution in [-0.4, -0.2) is 11.7 Å². The van der Waals surface area contributed by atoms with Crippen LogP contribution in [0.5, 0.6) is 5.75 Å². The molecule has 1 N–H and O–H groups in total. The molecule has 0 saturated carbocycles. The number of benzene rings is 2. The maximum atomic E-state index is 13.1. The topological polar surface area (TPSA) is 29.5 Å². The Labute approximate surface area is 122 Å². The van der Waals surface area contributed by atoms with Gasteiger partial charge >= 0.3 is 0 Å². The summed E-state index contributed by atoms with van der Waals surface area (Å²) in [5, 5.41) is 10.3. The maximum absolute atomic E-state index is 13.1. The van der Waals surface area contributed by atoms with E-state index in [9.17, 15) is 9.50 Å². The first-order chi connectivity index (χ1) is 9.61. The molecule has 2 rings (SSSR count). The molecule has 0 aliphatic rings. The average molecular weight is 295 g/mol. The van der Waals surface area contributed by atoms with Gasteiger partial charge < -0.3 is 9.84 Å². The van der Waals surface area contributed by atoms with Crippen molar-refractivity contribution in [1.82, 2.24) is 0 Å². The second kappa shape index (κ2) is 6.73. The van der Waals surface area contributed by atoms with Crippen LogP contribution in [0.1, 0.15) is 30.6 Å². The van der Waals surface area contributed by atoms with Crippen LogP contribution in [0.4, 0.5) is 4.39 Å². The molecule has 0 aromatic heterocycles. The molecule has 0 amide bonds. The van der Waals surface area contributed by atoms with Crippen LogP contribution in [0.2, 0.25) is 5.02 Å². The van der Waals surface area contributed by atoms with Gasteiger partial charge in [-0.05, 0) is 41.8 Å². The van der Waals surface area contributed by atoms with Crippen LogP contribution in [0.25, 0.3) is 0 Å². The van der Waals surface area contributed by atoms with Gasteiger partial charge in [0.25, 0.3) is 0 Å². The predicted octanol–water partition coefficient (Wildman–Crippen LogP) is 4.35. The van der Waals surface area contributed by atoms with Gasteiger partial charge in [0.15, 0.2) is 0 Å². The molecule has 0 heterocycles. The second-order valence-electron chi connectivity index (χ2n) is 4.49. The summed E-state index contributed by atoms with van der Waals surface area (Å²) in [6.45, 7) is 2.70. The zero-order valence-corrected chi connectivity index (χ0v) is 11.9. The number of hydrogen-bond acceptors (Lipinski definition) is 2. The Morgan fingerprint density at radius 2 is 1.80 bits per heavy atom. The molecular formula is C16H16ClFO2. The Morgan fingerprint density at radius 3 is 2.40 bits per heavy atom. The molecule has 0 aliphatic heterocycles. The van der Waals surface area contributed by atoms with E-state index in [1.165, 1.54) is 18.2 Å². The van der Waals surface area contributed by atoms with Crippen LogP contribution in [-0.2, 0) is 0 Å². The monoisotopic (exact) mass is 294 g/mol. The third-order valence-corrected chi connectivity index (χ3v) is 3.22. The number of ether oxygens (including phenoxy) is 1. The van der Waals surface area contributed by atoms with Crippen molar-refractivity contribution >= 4 is 11.6 Å². The van der Waals surface area contributed by atoms with Gasteiger partial charge in [-0.1, -0.05) is 36.7 Å². The van der Waals surface area contributed by atoms with Crippen LogP contribution >= 0.6 is 11.6 Å². The number of halogens is 2. The molecule has 2 aromatic rings. The lowest BCUT2D eigenvalue weighted by Crippen LogP contribution is -2.01. The smallest absolute Gasteiger partial charge is 0.141 e. The fraction of sp³-hybridized carbons (Fsp3) is 0.250. The molecule has 0 aliphatic carbocycles. The molecule has 4 heteroatoms. The standard InChI is InChI=1S/C16H16ClFO2/c1-2-9-20-13-6-3-11(4-7-13)16(19)12-5-8-15(18)14(17)10-12/h3-8,10,16,19H,2,9H2,1H3. The maximum Gasteiger partial charge on any atom is 0.141 e. The van der Waals surface area contributed by atoms with E-state index in [0.29, 0.717) is 17.7 Å². The summed E-state index contributed by atoms with van der Waals surface area (Å²) in [7, 11) is 0. The average Bonchev–Trinajstić information content (AvgIpc) is 2.48. The molecule has 20 heavy (non-hydrogen) atoms. The second-order valence-corrected chi connectivity index (χ2v) is 4.90. The van der Waals surface area contributed by atoms with E-state index in [2.05, 4.69) is 0 Å². The third kappa shape index (κ3) is 3.50. The minimum atomic E-state index is -0.840. The molecular weight excluding hydrogens is 279 g/mol. The van der Waals surface area contributed by atoms with E-state index in [4.69, 9.17) is 16.3 Å². The van der Waals surface area contributed by atoms with E-state index >= 15 is 0 Å². The lowest BCUT2D eigenvalue weighted by atomic mass is 10.0. The Morgan fingerprint density at radius 1 is 1.15 bits per heavy atom. The van der Waals surface area contributed by atoms with Gasteiger partial charge in [0.1, 0.15) is 17.7 Å². The van der Waals surface area contributed by atoms with Crippen molar-refractivity contribution in [2.75, 3.05) is 6.61 Å². The largest absolute Gasteiger partial charge is 0.494 e. The molecule has 0 radical (unpaired) electrons. The van der Waals surface area contributed by atoms with Gasteiger partial charge in [0.05, 0.1) is 11.6 Å². The third-order valence-electron chi connectivity index (χ3n) is 2.93. The van der Waals surface area contributed by atoms with Crippen LogP contribution in [0.15, 0.2) is 42.5 Å². The lowest BCUT2D eigenvalue weighted by Gasteiger charge is -2.13. The Hall–Kier alpha value is -1.58. The summed E-state index contributed by atoms with van der Waals surface area (Å²) in [6.07, 6.45) is 0.103. The highest BCUT2D eigenvalue weighted by Crippen LogP contribution is 2.27. The fourth-order valence-electron chi connectivity index (χ4n) is 1.84. The van der Waals surface area contributed by atoms with Gasteiger partial charge in [0.2, 0.25) is 0 Å². The molecule has 2 aromatic carbocycles. The highest BCUT2D eigenvalue weighted by molar-refractivity contribution is 6.30. The van der Waals surface area contributed by atoms with Crippen molar-refractivity contribution < 1.29 is 14.2 Å². The van der Waals surface area contributed by atoms with Gasteiger partial charge in [-0.15, -0.1) is 0 Å². The van der Waals surface area contributed by atoms with Crippen molar-refractivity contribution in [3.8, 4) is 5.75 Å². The minimum Gasteiger partial charge on any atom is -0.494 e. The number of rotatable bonds is 5. The van der Waals surface area contributed by atoms with Crippen LogP contribution < -0.4 is 4.74 Å². The summed E-state index contributed by atoms with van der Waals surface area (Å²) < 4.78 is 18.6. The van der Waals surface area contributed by atoms with Gasteiger partial charge in [-0.25, -0.2) is 4.39 Å². The van der Waals surface area contributed by atoms with E-state index in [1.54, 1.807) is 24.3 Å². The first kappa shape index (κ1) is 14.8. The Balaban J connectivity index is 2.15. The molecule has 0 fully saturated rings. The van der Waals surface area contributed by atoms with Crippen molar-refractivity contribution in [2.24, 2.45) is 0 Å². The van der Waals surface area contributed by atoms with Gasteiger partial charge in [0, 0.05) is 0 Å². The van der Waals surface area contributed by atoms with E-state index < -0.39 is 11.9 Å². The summed E-state index contributed by atoms with van der Waals surface area (Å²) in [6, 6.07) is 11.4. The Bertz CT molecular complexity index is 569. The molecule has 1 unspecified atom stereocenters. The normalized spacial score (nSPS) is 12.2. The van der Waals surface area contributed by atoms with Gasteiger partial charge in [-0.3, -0.25) is 0 Å². The fourth-order valence-corrected chi connectivity index (χ4v) is 2.03. The summed E-state index contributed by atoms with van der Waals surface area (Å²) in [5.74, 6) is 0.269. The number of aliphatic hydroxyl groups is 1. The van der Waals surface area contributed by atoms with E-state index in [0.717, 1.165) is 12.2 Å². The first-order valence-corrected chi connectivity index (χ1v) is 6.85. The highest BCUT2D eigenvalue weighted by atomic mass is 35.5. The summed E-state index contributed by atoms with van der Waals surface area (Å²) in [4.78, 5) is 0. The summed E-state index contributed by atoms with van der Waals surface area (Å²) in [5.41, 5.74) is 1.26. The molecule has 0 bridgehead atoms.